The summed E-state index contributed by atoms with van der Waals surface area (Å²) in [7, 11) is 0. The lowest BCUT2D eigenvalue weighted by molar-refractivity contribution is -0.130. The summed E-state index contributed by atoms with van der Waals surface area (Å²) in [6, 6.07) is 0. The van der Waals surface area contributed by atoms with Crippen LogP contribution in [0.15, 0.2) is 12.7 Å². The molecule has 2 rings (SSSR count). The van der Waals surface area contributed by atoms with Gasteiger partial charge in [0.15, 0.2) is 0 Å². The maximum atomic E-state index is 12.2. The molecule has 1 heterocycles. The van der Waals surface area contributed by atoms with E-state index in [4.69, 9.17) is 4.74 Å². The number of hydrogen-bond donors (Lipinski definition) is 0. The topological polar surface area (TPSA) is 29.5 Å². The smallest absolute Gasteiger partial charge is 0.232 e. The molecule has 4 heteroatoms. The van der Waals surface area contributed by atoms with Crippen molar-refractivity contribution in [1.29, 1.82) is 0 Å². The van der Waals surface area contributed by atoms with Crippen LogP contribution in [0.1, 0.15) is 38.5 Å². The number of likely N-dealkylation sites (tertiary alicyclic amines) is 1. The van der Waals surface area contributed by atoms with Crippen molar-refractivity contribution in [2.24, 2.45) is 5.92 Å². The fourth-order valence-corrected chi connectivity index (χ4v) is 4.23. The molecule has 0 aromatic carbocycles. The van der Waals surface area contributed by atoms with Gasteiger partial charge in [0.2, 0.25) is 5.91 Å². The number of carbonyl (C=O) groups is 1. The second-order valence-electron chi connectivity index (χ2n) is 5.87. The van der Waals surface area contributed by atoms with Gasteiger partial charge < -0.3 is 9.64 Å². The van der Waals surface area contributed by atoms with Gasteiger partial charge in [0.05, 0.1) is 12.4 Å². The summed E-state index contributed by atoms with van der Waals surface area (Å²) >= 11 is 1.88. The van der Waals surface area contributed by atoms with Crippen LogP contribution in [-0.2, 0) is 9.53 Å². The minimum absolute atomic E-state index is 0.340. The molecule has 0 radical (unpaired) electrons. The summed E-state index contributed by atoms with van der Waals surface area (Å²) in [5, 5.41) is 0.740. The summed E-state index contributed by atoms with van der Waals surface area (Å²) in [5.41, 5.74) is 0. The molecule has 2 aliphatic rings. The molecule has 0 N–H and O–H groups in total. The zero-order valence-corrected chi connectivity index (χ0v) is 13.2. The van der Waals surface area contributed by atoms with Crippen molar-refractivity contribution in [1.82, 2.24) is 4.90 Å². The van der Waals surface area contributed by atoms with Gasteiger partial charge in [-0.3, -0.25) is 4.79 Å². The lowest BCUT2D eigenvalue weighted by Gasteiger charge is -2.32. The molecule has 1 aliphatic heterocycles. The van der Waals surface area contributed by atoms with E-state index in [1.165, 1.54) is 25.7 Å². The van der Waals surface area contributed by atoms with Gasteiger partial charge in [-0.05, 0) is 31.6 Å². The molecule has 0 atom stereocenters. The predicted octanol–water partition coefficient (Wildman–Crippen LogP) is 3.10. The maximum Gasteiger partial charge on any atom is 0.232 e. The minimum Gasteiger partial charge on any atom is -0.377 e. The Morgan fingerprint density at radius 3 is 2.60 bits per heavy atom. The molecule has 0 bridgehead atoms. The molecular weight excluding hydrogens is 270 g/mol. The number of rotatable bonds is 7. The number of hydrogen-bond acceptors (Lipinski definition) is 3. The van der Waals surface area contributed by atoms with Crippen molar-refractivity contribution >= 4 is 17.7 Å². The van der Waals surface area contributed by atoms with Gasteiger partial charge in [-0.2, -0.15) is 0 Å². The van der Waals surface area contributed by atoms with Crippen LogP contribution in [0.3, 0.4) is 0 Å². The second-order valence-corrected chi connectivity index (χ2v) is 7.16. The van der Waals surface area contributed by atoms with Gasteiger partial charge in [-0.15, -0.1) is 18.3 Å². The number of thioether (sulfide) groups is 1. The number of piperidine rings is 1. The van der Waals surface area contributed by atoms with E-state index < -0.39 is 0 Å². The first-order valence-corrected chi connectivity index (χ1v) is 8.92. The molecule has 0 aromatic rings. The molecule has 1 saturated heterocycles. The van der Waals surface area contributed by atoms with Crippen LogP contribution in [0.2, 0.25) is 0 Å². The lowest BCUT2D eigenvalue weighted by Crippen LogP contribution is -2.40. The van der Waals surface area contributed by atoms with Crippen molar-refractivity contribution in [3.8, 4) is 0 Å². The van der Waals surface area contributed by atoms with Gasteiger partial charge >= 0.3 is 0 Å². The van der Waals surface area contributed by atoms with Gasteiger partial charge in [-0.25, -0.2) is 0 Å². The highest BCUT2D eigenvalue weighted by molar-refractivity contribution is 8.00. The zero-order valence-electron chi connectivity index (χ0n) is 12.4. The average molecular weight is 297 g/mol. The number of ether oxygens (including phenoxy) is 1. The van der Waals surface area contributed by atoms with Crippen LogP contribution in [0.5, 0.6) is 0 Å². The normalized spacial score (nSPS) is 21.3. The van der Waals surface area contributed by atoms with E-state index in [9.17, 15) is 4.79 Å². The van der Waals surface area contributed by atoms with Gasteiger partial charge in [0, 0.05) is 24.9 Å². The molecule has 0 spiro atoms. The maximum absolute atomic E-state index is 12.2. The highest BCUT2D eigenvalue weighted by Gasteiger charge is 2.24. The first-order valence-electron chi connectivity index (χ1n) is 7.87. The molecule has 114 valence electrons. The van der Waals surface area contributed by atoms with Crippen molar-refractivity contribution in [3.05, 3.63) is 12.7 Å². The van der Waals surface area contributed by atoms with Crippen LogP contribution < -0.4 is 0 Å². The van der Waals surface area contributed by atoms with Crippen LogP contribution in [-0.4, -0.2) is 48.1 Å². The molecular formula is C16H27NO2S. The minimum atomic E-state index is 0.340. The second kappa shape index (κ2) is 8.73. The summed E-state index contributed by atoms with van der Waals surface area (Å²) in [6.45, 7) is 6.92. The number of nitrogens with zero attached hydrogens (tertiary/aromatic N) is 1. The van der Waals surface area contributed by atoms with Gasteiger partial charge in [0.1, 0.15) is 0 Å². The standard InChI is InChI=1S/C16H27NO2S/c1-2-11-19-12-14-7-9-17(10-8-14)16(18)13-20-15-5-3-4-6-15/h2,14-15H,1,3-13H2. The lowest BCUT2D eigenvalue weighted by atomic mass is 9.98. The quantitative estimate of drug-likeness (QED) is 0.534. The fraction of sp³-hybridized carbons (Fsp3) is 0.812. The van der Waals surface area contributed by atoms with Crippen molar-refractivity contribution < 1.29 is 9.53 Å². The fourth-order valence-electron chi connectivity index (χ4n) is 3.00. The Balaban J connectivity index is 1.59. The van der Waals surface area contributed by atoms with Crippen LogP contribution in [0.4, 0.5) is 0 Å². The first-order chi connectivity index (χ1) is 9.79. The van der Waals surface area contributed by atoms with E-state index in [2.05, 4.69) is 6.58 Å². The highest BCUT2D eigenvalue weighted by Crippen LogP contribution is 2.29. The third kappa shape index (κ3) is 5.13. The SMILES string of the molecule is C=CCOCC1CCN(C(=O)CSC2CCCC2)CC1. The van der Waals surface area contributed by atoms with E-state index in [1.54, 1.807) is 6.08 Å². The Morgan fingerprint density at radius 2 is 1.95 bits per heavy atom. The zero-order chi connectivity index (χ0) is 14.2. The third-order valence-electron chi connectivity index (χ3n) is 4.30. The van der Waals surface area contributed by atoms with Crippen molar-refractivity contribution in [3.63, 3.8) is 0 Å². The number of amides is 1. The highest BCUT2D eigenvalue weighted by atomic mass is 32.2. The van der Waals surface area contributed by atoms with E-state index in [0.29, 0.717) is 24.2 Å². The molecule has 0 unspecified atom stereocenters. The molecule has 1 amide bonds. The molecule has 1 aliphatic carbocycles. The van der Waals surface area contributed by atoms with Crippen LogP contribution >= 0.6 is 11.8 Å². The van der Waals surface area contributed by atoms with E-state index in [1.807, 2.05) is 16.7 Å². The molecule has 0 aromatic heterocycles. The Hall–Kier alpha value is -0.480. The summed E-state index contributed by atoms with van der Waals surface area (Å²) < 4.78 is 5.51. The van der Waals surface area contributed by atoms with Crippen molar-refractivity contribution in [2.45, 2.75) is 43.8 Å². The summed E-state index contributed by atoms with van der Waals surface area (Å²) in [6.07, 6.45) is 9.26. The summed E-state index contributed by atoms with van der Waals surface area (Å²) in [5.74, 6) is 1.64. The molecule has 3 nitrogen and oxygen atoms in total. The van der Waals surface area contributed by atoms with E-state index >= 15 is 0 Å². The average Bonchev–Trinajstić information content (AvgIpc) is 2.99. The van der Waals surface area contributed by atoms with Crippen LogP contribution in [0, 0.1) is 5.92 Å². The monoisotopic (exact) mass is 297 g/mol. The van der Waals surface area contributed by atoms with Gasteiger partial charge in [0.25, 0.3) is 0 Å². The van der Waals surface area contributed by atoms with Crippen molar-refractivity contribution in [2.75, 3.05) is 32.1 Å². The molecule has 20 heavy (non-hydrogen) atoms. The molecule has 1 saturated carbocycles. The largest absolute Gasteiger partial charge is 0.377 e. The first kappa shape index (κ1) is 15.9. The Bertz CT molecular complexity index is 308. The summed E-state index contributed by atoms with van der Waals surface area (Å²) in [4.78, 5) is 14.2. The Morgan fingerprint density at radius 1 is 1.25 bits per heavy atom. The van der Waals surface area contributed by atoms with Crippen LogP contribution in [0.25, 0.3) is 0 Å². The van der Waals surface area contributed by atoms with E-state index in [-0.39, 0.29) is 0 Å². The van der Waals surface area contributed by atoms with Gasteiger partial charge in [-0.1, -0.05) is 18.9 Å². The number of carbonyl (C=O) groups excluding carboxylic acids is 1. The molecule has 2 fully saturated rings. The Kier molecular flexibility index (Phi) is 6.94. The predicted molar refractivity (Wildman–Crippen MR) is 85.0 cm³/mol. The third-order valence-corrected chi connectivity index (χ3v) is 5.66. The van der Waals surface area contributed by atoms with E-state index in [0.717, 1.165) is 37.8 Å². The Labute approximate surface area is 127 Å².